The summed E-state index contributed by atoms with van der Waals surface area (Å²) in [4.78, 5) is 30.6. The van der Waals surface area contributed by atoms with Gasteiger partial charge in [0.05, 0.1) is 25.3 Å². The Morgan fingerprint density at radius 3 is 2.56 bits per heavy atom. The molecule has 2 atom stereocenters. The van der Waals surface area contributed by atoms with Crippen molar-refractivity contribution in [3.8, 4) is 17.2 Å². The maximum Gasteiger partial charge on any atom is 0.295 e. The second-order valence-electron chi connectivity index (χ2n) is 10.1. The van der Waals surface area contributed by atoms with Crippen molar-refractivity contribution in [2.75, 3.05) is 39.9 Å². The predicted octanol–water partition coefficient (Wildman–Crippen LogP) is 4.96. The molecule has 0 spiro atoms. The third kappa shape index (κ3) is 5.91. The van der Waals surface area contributed by atoms with E-state index < -0.39 is 17.7 Å². The van der Waals surface area contributed by atoms with E-state index in [1.165, 1.54) is 0 Å². The third-order valence-corrected chi connectivity index (χ3v) is 7.52. The molecule has 1 N–H and O–H groups in total. The topological polar surface area (TPSA) is 88.5 Å². The Morgan fingerprint density at radius 2 is 1.87 bits per heavy atom. The summed E-state index contributed by atoms with van der Waals surface area (Å²) in [6.45, 7) is 11.4. The first kappa shape index (κ1) is 28.5. The Bertz CT molecular complexity index is 1240. The molecule has 8 heteroatoms. The van der Waals surface area contributed by atoms with Crippen molar-refractivity contribution >= 4 is 17.4 Å². The molecule has 39 heavy (non-hydrogen) atoms. The van der Waals surface area contributed by atoms with E-state index in [2.05, 4.69) is 25.7 Å². The Labute approximate surface area is 231 Å². The molecule has 2 aliphatic rings. The van der Waals surface area contributed by atoms with Crippen LogP contribution in [0.3, 0.4) is 0 Å². The number of unbranched alkanes of at least 4 members (excludes halogenated alkanes) is 1. The number of hydrogen-bond donors (Lipinski definition) is 1. The zero-order valence-corrected chi connectivity index (χ0v) is 23.7. The number of Topliss-reactive ketones (excluding diaryl/α,β-unsaturated/α-hetero) is 1. The van der Waals surface area contributed by atoms with Gasteiger partial charge >= 0.3 is 0 Å². The average molecular weight is 537 g/mol. The van der Waals surface area contributed by atoms with Crippen molar-refractivity contribution in [1.29, 1.82) is 0 Å². The number of rotatable bonds is 12. The van der Waals surface area contributed by atoms with E-state index in [1.54, 1.807) is 24.1 Å². The van der Waals surface area contributed by atoms with Gasteiger partial charge in [0.15, 0.2) is 11.5 Å². The summed E-state index contributed by atoms with van der Waals surface area (Å²) in [5.74, 6) is 0.398. The number of likely N-dealkylation sites (tertiary alicyclic amines) is 1. The molecule has 0 bridgehead atoms. The third-order valence-electron chi connectivity index (χ3n) is 7.52. The van der Waals surface area contributed by atoms with Gasteiger partial charge in [-0.25, -0.2) is 0 Å². The van der Waals surface area contributed by atoms with Crippen LogP contribution in [0.25, 0.3) is 5.76 Å². The SMILES string of the molecule is CCCCOc1ccc([C@H]2C(=C(O)c3ccc4c(c3)C[C@@H](C)O4)C(=O)C(=O)N2CCN(CC)CC)cc1OC. The highest BCUT2D eigenvalue weighted by molar-refractivity contribution is 6.46. The number of aliphatic hydroxyl groups is 1. The second kappa shape index (κ2) is 12.6. The predicted molar refractivity (Wildman–Crippen MR) is 150 cm³/mol. The molecular weight excluding hydrogens is 496 g/mol. The van der Waals surface area contributed by atoms with Gasteiger partial charge in [-0.15, -0.1) is 0 Å². The fourth-order valence-electron chi connectivity index (χ4n) is 5.27. The molecule has 1 amide bonds. The first-order valence-corrected chi connectivity index (χ1v) is 13.9. The number of ether oxygens (including phenoxy) is 3. The minimum Gasteiger partial charge on any atom is -0.507 e. The lowest BCUT2D eigenvalue weighted by Gasteiger charge is -2.28. The maximum atomic E-state index is 13.5. The minimum absolute atomic E-state index is 0.0496. The van der Waals surface area contributed by atoms with E-state index in [4.69, 9.17) is 14.2 Å². The monoisotopic (exact) mass is 536 g/mol. The Hall–Kier alpha value is -3.52. The first-order valence-electron chi connectivity index (χ1n) is 13.9. The fourth-order valence-corrected chi connectivity index (χ4v) is 5.27. The molecule has 2 heterocycles. The number of aliphatic hydroxyl groups excluding tert-OH is 1. The lowest BCUT2D eigenvalue weighted by Crippen LogP contribution is -2.38. The Balaban J connectivity index is 1.78. The summed E-state index contributed by atoms with van der Waals surface area (Å²) in [7, 11) is 1.57. The molecule has 0 aromatic heterocycles. The van der Waals surface area contributed by atoms with Crippen LogP contribution >= 0.6 is 0 Å². The van der Waals surface area contributed by atoms with Gasteiger partial charge in [0.2, 0.25) is 0 Å². The van der Waals surface area contributed by atoms with Crippen LogP contribution in [-0.2, 0) is 16.0 Å². The van der Waals surface area contributed by atoms with Crippen LogP contribution in [0.15, 0.2) is 42.0 Å². The van der Waals surface area contributed by atoms with Gasteiger partial charge in [-0.2, -0.15) is 0 Å². The molecular formula is C31H40N2O6. The highest BCUT2D eigenvalue weighted by Crippen LogP contribution is 2.42. The van der Waals surface area contributed by atoms with E-state index in [0.717, 1.165) is 43.7 Å². The molecule has 210 valence electrons. The summed E-state index contributed by atoms with van der Waals surface area (Å²) in [5.41, 5.74) is 2.21. The minimum atomic E-state index is -0.761. The average Bonchev–Trinajstić information content (AvgIpc) is 3.44. The summed E-state index contributed by atoms with van der Waals surface area (Å²) < 4.78 is 17.3. The smallest absolute Gasteiger partial charge is 0.295 e. The van der Waals surface area contributed by atoms with Crippen molar-refractivity contribution in [2.45, 2.75) is 59.1 Å². The van der Waals surface area contributed by atoms with Gasteiger partial charge in [0.25, 0.3) is 11.7 Å². The van der Waals surface area contributed by atoms with Crippen LogP contribution in [0.2, 0.25) is 0 Å². The van der Waals surface area contributed by atoms with Crippen LogP contribution in [-0.4, -0.2) is 72.6 Å². The van der Waals surface area contributed by atoms with Gasteiger partial charge in [0.1, 0.15) is 17.6 Å². The zero-order valence-electron chi connectivity index (χ0n) is 23.7. The lowest BCUT2D eigenvalue weighted by molar-refractivity contribution is -0.140. The number of likely N-dealkylation sites (N-methyl/N-ethyl adjacent to an activating group) is 1. The van der Waals surface area contributed by atoms with Gasteiger partial charge in [0, 0.05) is 25.1 Å². The molecule has 4 rings (SSSR count). The molecule has 2 aliphatic heterocycles. The van der Waals surface area contributed by atoms with Crippen LogP contribution in [0.4, 0.5) is 0 Å². The van der Waals surface area contributed by atoms with Crippen LogP contribution in [0.5, 0.6) is 17.2 Å². The largest absolute Gasteiger partial charge is 0.507 e. The fraction of sp³-hybridized carbons (Fsp3) is 0.484. The first-order chi connectivity index (χ1) is 18.8. The molecule has 1 saturated heterocycles. The normalized spacial score (nSPS) is 19.9. The number of hydrogen-bond acceptors (Lipinski definition) is 7. The number of amides is 1. The van der Waals surface area contributed by atoms with Gasteiger partial charge in [-0.05, 0) is 67.9 Å². The highest BCUT2D eigenvalue weighted by Gasteiger charge is 2.46. The van der Waals surface area contributed by atoms with Gasteiger partial charge < -0.3 is 29.1 Å². The molecule has 0 aliphatic carbocycles. The molecule has 8 nitrogen and oxygen atoms in total. The number of methoxy groups -OCH3 is 1. The number of benzene rings is 2. The summed E-state index contributed by atoms with van der Waals surface area (Å²) in [6, 6.07) is 10.1. The molecule has 0 radical (unpaired) electrons. The Kier molecular flexibility index (Phi) is 9.17. The van der Waals surface area contributed by atoms with Crippen molar-refractivity contribution in [2.24, 2.45) is 0 Å². The van der Waals surface area contributed by atoms with Crippen molar-refractivity contribution in [3.63, 3.8) is 0 Å². The summed E-state index contributed by atoms with van der Waals surface area (Å²) >= 11 is 0. The van der Waals surface area contributed by atoms with Crippen LogP contribution in [0.1, 0.15) is 63.3 Å². The standard InChI is InChI=1S/C31H40N2O6/c1-6-9-16-38-25-13-10-21(19-26(25)37-5)28-27(30(35)31(36)33(28)15-14-32(7-2)8-3)29(34)22-11-12-24-23(18-22)17-20(4)39-24/h10-13,18-20,28,34H,6-9,14-17H2,1-5H3/t20-,28+/m1/s1. The van der Waals surface area contributed by atoms with Crippen molar-refractivity contribution in [1.82, 2.24) is 9.80 Å². The number of fused-ring (bicyclic) bond motifs is 1. The van der Waals surface area contributed by atoms with E-state index in [9.17, 15) is 14.7 Å². The number of carbonyl (C=O) groups is 2. The quantitative estimate of drug-likeness (QED) is 0.178. The van der Waals surface area contributed by atoms with Gasteiger partial charge in [-0.3, -0.25) is 9.59 Å². The van der Waals surface area contributed by atoms with Crippen LogP contribution < -0.4 is 14.2 Å². The Morgan fingerprint density at radius 1 is 1.10 bits per heavy atom. The number of ketones is 1. The van der Waals surface area contributed by atoms with E-state index in [0.29, 0.717) is 42.3 Å². The zero-order chi connectivity index (χ0) is 28.1. The van der Waals surface area contributed by atoms with E-state index in [1.807, 2.05) is 31.2 Å². The highest BCUT2D eigenvalue weighted by atomic mass is 16.5. The molecule has 0 unspecified atom stereocenters. The maximum absolute atomic E-state index is 13.5. The summed E-state index contributed by atoms with van der Waals surface area (Å²) in [5, 5.41) is 11.5. The van der Waals surface area contributed by atoms with Gasteiger partial charge in [-0.1, -0.05) is 33.3 Å². The number of carbonyl (C=O) groups excluding carboxylic acids is 2. The van der Waals surface area contributed by atoms with E-state index in [-0.39, 0.29) is 17.4 Å². The lowest BCUT2D eigenvalue weighted by atomic mass is 9.94. The molecule has 1 fully saturated rings. The van der Waals surface area contributed by atoms with Crippen molar-refractivity contribution < 1.29 is 28.9 Å². The summed E-state index contributed by atoms with van der Waals surface area (Å²) in [6.07, 6.45) is 2.69. The second-order valence-corrected chi connectivity index (χ2v) is 10.1. The molecule has 2 aromatic rings. The molecule has 2 aromatic carbocycles. The van der Waals surface area contributed by atoms with Crippen LogP contribution in [0, 0.1) is 0 Å². The molecule has 0 saturated carbocycles. The van der Waals surface area contributed by atoms with Crippen molar-refractivity contribution in [3.05, 3.63) is 58.7 Å². The van der Waals surface area contributed by atoms with E-state index >= 15 is 0 Å². The number of nitrogens with zero attached hydrogens (tertiary/aromatic N) is 2.